The summed E-state index contributed by atoms with van der Waals surface area (Å²) in [5.41, 5.74) is 0.997. The third-order valence-corrected chi connectivity index (χ3v) is 2.69. The predicted molar refractivity (Wildman–Crippen MR) is 63.1 cm³/mol. The van der Waals surface area contributed by atoms with Gasteiger partial charge in [0.2, 0.25) is 5.91 Å². The fourth-order valence-electron chi connectivity index (χ4n) is 1.19. The van der Waals surface area contributed by atoms with E-state index in [0.29, 0.717) is 11.4 Å². The van der Waals surface area contributed by atoms with Crippen molar-refractivity contribution >= 4 is 17.5 Å². The Morgan fingerprint density at radius 1 is 1.33 bits per heavy atom. The Morgan fingerprint density at radius 2 is 1.87 bits per heavy atom. The van der Waals surface area contributed by atoms with Gasteiger partial charge in [0.1, 0.15) is 0 Å². The predicted octanol–water partition coefficient (Wildman–Crippen LogP) is 2.75. The van der Waals surface area contributed by atoms with E-state index in [0.717, 1.165) is 5.56 Å². The van der Waals surface area contributed by atoms with Crippen LogP contribution in [0.5, 0.6) is 0 Å². The van der Waals surface area contributed by atoms with Crippen LogP contribution >= 0.6 is 11.6 Å². The molecule has 0 fully saturated rings. The van der Waals surface area contributed by atoms with Crippen LogP contribution in [0, 0.1) is 0 Å². The normalized spacial score (nSPS) is 10.5. The van der Waals surface area contributed by atoms with Crippen LogP contribution < -0.4 is 0 Å². The smallest absolute Gasteiger partial charge is 0.226 e. The van der Waals surface area contributed by atoms with Crippen LogP contribution in [0.4, 0.5) is 0 Å². The van der Waals surface area contributed by atoms with Gasteiger partial charge in [0.15, 0.2) is 0 Å². The summed E-state index contributed by atoms with van der Waals surface area (Å²) < 4.78 is 0. The first-order valence-corrected chi connectivity index (χ1v) is 5.38. The van der Waals surface area contributed by atoms with Gasteiger partial charge in [0.05, 0.1) is 6.42 Å². The van der Waals surface area contributed by atoms with Crippen molar-refractivity contribution in [3.05, 3.63) is 34.9 Å². The number of nitrogens with zero attached hydrogens (tertiary/aromatic N) is 1. The molecule has 0 spiro atoms. The number of hydrogen-bond acceptors (Lipinski definition) is 1. The van der Waals surface area contributed by atoms with Gasteiger partial charge < -0.3 is 4.90 Å². The molecule has 0 heterocycles. The number of carbonyl (C=O) groups is 1. The molecular formula is C12H16ClNO. The molecule has 1 aromatic rings. The summed E-state index contributed by atoms with van der Waals surface area (Å²) in [5.74, 6) is 0.132. The van der Waals surface area contributed by atoms with Crippen LogP contribution in [0.1, 0.15) is 19.4 Å². The Bertz CT molecular complexity index is 332. The summed E-state index contributed by atoms with van der Waals surface area (Å²) >= 11 is 5.77. The highest BCUT2D eigenvalue weighted by Crippen LogP contribution is 2.11. The van der Waals surface area contributed by atoms with Crippen molar-refractivity contribution in [2.75, 3.05) is 7.05 Å². The number of hydrogen-bond donors (Lipinski definition) is 0. The van der Waals surface area contributed by atoms with Crippen LogP contribution in [-0.2, 0) is 11.2 Å². The molecule has 1 aromatic carbocycles. The molecule has 0 saturated heterocycles. The van der Waals surface area contributed by atoms with Gasteiger partial charge in [-0.3, -0.25) is 4.79 Å². The van der Waals surface area contributed by atoms with Crippen molar-refractivity contribution in [1.29, 1.82) is 0 Å². The Balaban J connectivity index is 2.62. The maximum Gasteiger partial charge on any atom is 0.226 e. The molecule has 0 N–H and O–H groups in total. The standard InChI is InChI=1S/C12H16ClNO/c1-9(2)14(3)12(15)8-10-4-6-11(13)7-5-10/h4-7,9H,8H2,1-3H3. The van der Waals surface area contributed by atoms with Crippen molar-refractivity contribution in [2.45, 2.75) is 26.3 Å². The van der Waals surface area contributed by atoms with E-state index in [2.05, 4.69) is 0 Å². The van der Waals surface area contributed by atoms with E-state index in [4.69, 9.17) is 11.6 Å². The Labute approximate surface area is 95.8 Å². The maximum absolute atomic E-state index is 11.7. The maximum atomic E-state index is 11.7. The fourth-order valence-corrected chi connectivity index (χ4v) is 1.32. The number of carbonyl (C=O) groups excluding carboxylic acids is 1. The number of benzene rings is 1. The molecule has 15 heavy (non-hydrogen) atoms. The largest absolute Gasteiger partial charge is 0.343 e. The lowest BCUT2D eigenvalue weighted by molar-refractivity contribution is -0.130. The zero-order chi connectivity index (χ0) is 11.4. The SMILES string of the molecule is CC(C)N(C)C(=O)Cc1ccc(Cl)cc1. The van der Waals surface area contributed by atoms with Crippen molar-refractivity contribution in [3.63, 3.8) is 0 Å². The lowest BCUT2D eigenvalue weighted by atomic mass is 10.1. The Morgan fingerprint density at radius 3 is 2.33 bits per heavy atom. The number of amides is 1. The molecule has 1 amide bonds. The van der Waals surface area contributed by atoms with Crippen LogP contribution in [0.25, 0.3) is 0 Å². The summed E-state index contributed by atoms with van der Waals surface area (Å²) in [6, 6.07) is 7.62. The third-order valence-electron chi connectivity index (χ3n) is 2.44. The molecule has 0 atom stereocenters. The van der Waals surface area contributed by atoms with Crippen LogP contribution in [0.15, 0.2) is 24.3 Å². The van der Waals surface area contributed by atoms with Gasteiger partial charge in [-0.15, -0.1) is 0 Å². The van der Waals surface area contributed by atoms with Crippen molar-refractivity contribution < 1.29 is 4.79 Å². The summed E-state index contributed by atoms with van der Waals surface area (Å²) in [6.45, 7) is 4.00. The molecular weight excluding hydrogens is 210 g/mol. The van der Waals surface area contributed by atoms with Crippen LogP contribution in [0.3, 0.4) is 0 Å². The Kier molecular flexibility index (Phi) is 4.15. The summed E-state index contributed by atoms with van der Waals surface area (Å²) in [7, 11) is 1.82. The summed E-state index contributed by atoms with van der Waals surface area (Å²) in [5, 5.41) is 0.698. The average Bonchev–Trinajstić information content (AvgIpc) is 2.20. The first kappa shape index (κ1) is 12.1. The molecule has 0 radical (unpaired) electrons. The molecule has 0 aliphatic heterocycles. The molecule has 1 rings (SSSR count). The molecule has 0 aliphatic rings. The number of likely N-dealkylation sites (N-methyl/N-ethyl adjacent to an activating group) is 1. The highest BCUT2D eigenvalue weighted by Gasteiger charge is 2.11. The van der Waals surface area contributed by atoms with Crippen LogP contribution in [0.2, 0.25) is 5.02 Å². The molecule has 0 aromatic heterocycles. The monoisotopic (exact) mass is 225 g/mol. The van der Waals surface area contributed by atoms with Gasteiger partial charge in [-0.1, -0.05) is 23.7 Å². The first-order valence-electron chi connectivity index (χ1n) is 5.01. The molecule has 2 nitrogen and oxygen atoms in total. The molecule has 0 unspecified atom stereocenters. The highest BCUT2D eigenvalue weighted by atomic mass is 35.5. The second kappa shape index (κ2) is 5.17. The lowest BCUT2D eigenvalue weighted by Crippen LogP contribution is -2.34. The fraction of sp³-hybridized carbons (Fsp3) is 0.417. The quantitative estimate of drug-likeness (QED) is 0.775. The summed E-state index contributed by atoms with van der Waals surface area (Å²) in [4.78, 5) is 13.5. The van der Waals surface area contributed by atoms with E-state index in [9.17, 15) is 4.79 Å². The molecule has 82 valence electrons. The zero-order valence-corrected chi connectivity index (χ0v) is 10.1. The van der Waals surface area contributed by atoms with Gasteiger partial charge in [-0.05, 0) is 31.5 Å². The van der Waals surface area contributed by atoms with Crippen LogP contribution in [-0.4, -0.2) is 23.9 Å². The molecule has 0 bridgehead atoms. The number of halogens is 1. The van der Waals surface area contributed by atoms with Gasteiger partial charge in [0, 0.05) is 18.1 Å². The second-order valence-corrected chi connectivity index (χ2v) is 4.34. The van der Waals surface area contributed by atoms with E-state index < -0.39 is 0 Å². The average molecular weight is 226 g/mol. The molecule has 0 aliphatic carbocycles. The first-order chi connectivity index (χ1) is 7.00. The Hall–Kier alpha value is -1.02. The third kappa shape index (κ3) is 3.56. The minimum atomic E-state index is 0.132. The second-order valence-electron chi connectivity index (χ2n) is 3.90. The zero-order valence-electron chi connectivity index (χ0n) is 9.33. The van der Waals surface area contributed by atoms with E-state index in [1.807, 2.05) is 33.0 Å². The van der Waals surface area contributed by atoms with Gasteiger partial charge in [0.25, 0.3) is 0 Å². The van der Waals surface area contributed by atoms with E-state index >= 15 is 0 Å². The van der Waals surface area contributed by atoms with Crippen molar-refractivity contribution in [2.24, 2.45) is 0 Å². The molecule has 0 saturated carbocycles. The van der Waals surface area contributed by atoms with E-state index in [1.54, 1.807) is 17.0 Å². The highest BCUT2D eigenvalue weighted by molar-refractivity contribution is 6.30. The van der Waals surface area contributed by atoms with Crippen molar-refractivity contribution in [1.82, 2.24) is 4.90 Å². The van der Waals surface area contributed by atoms with Gasteiger partial charge >= 0.3 is 0 Å². The van der Waals surface area contributed by atoms with E-state index in [-0.39, 0.29) is 11.9 Å². The lowest BCUT2D eigenvalue weighted by Gasteiger charge is -2.21. The summed E-state index contributed by atoms with van der Waals surface area (Å²) in [6.07, 6.45) is 0.436. The van der Waals surface area contributed by atoms with Gasteiger partial charge in [-0.25, -0.2) is 0 Å². The van der Waals surface area contributed by atoms with E-state index in [1.165, 1.54) is 0 Å². The van der Waals surface area contributed by atoms with Gasteiger partial charge in [-0.2, -0.15) is 0 Å². The minimum Gasteiger partial charge on any atom is -0.343 e. The number of rotatable bonds is 3. The minimum absolute atomic E-state index is 0.132. The van der Waals surface area contributed by atoms with Crippen molar-refractivity contribution in [3.8, 4) is 0 Å². The molecule has 3 heteroatoms. The topological polar surface area (TPSA) is 20.3 Å².